The summed E-state index contributed by atoms with van der Waals surface area (Å²) in [5.74, 6) is 1.15. The first kappa shape index (κ1) is 21.0. The molecule has 0 bridgehead atoms. The third-order valence-electron chi connectivity index (χ3n) is 4.37. The molecule has 1 heterocycles. The number of nitro benzene ring substituents is 1. The van der Waals surface area contributed by atoms with E-state index < -0.39 is 4.92 Å². The monoisotopic (exact) mass is 395 g/mol. The maximum Gasteiger partial charge on any atom is 0.311 e. The van der Waals surface area contributed by atoms with Crippen molar-refractivity contribution in [2.45, 2.75) is 19.6 Å². The van der Waals surface area contributed by atoms with Gasteiger partial charge in [-0.25, -0.2) is 0 Å². The summed E-state index contributed by atoms with van der Waals surface area (Å²) in [4.78, 5) is 38.5. The standard InChI is InChI=1S/C18H25N3O5S/c1-13(2)18(23)20-8-6-19(7-9-20)17(22)12-27-11-14-4-5-16(26-3)15(10-14)21(24)25/h4-5,10,13H,6-9,11-12H2,1-3H3. The minimum absolute atomic E-state index is 0.0275. The van der Waals surface area contributed by atoms with Crippen molar-refractivity contribution in [1.82, 2.24) is 9.80 Å². The number of carbonyl (C=O) groups excluding carboxylic acids is 2. The van der Waals surface area contributed by atoms with Crippen molar-refractivity contribution in [3.05, 3.63) is 33.9 Å². The van der Waals surface area contributed by atoms with E-state index in [-0.39, 0.29) is 29.2 Å². The van der Waals surface area contributed by atoms with Gasteiger partial charge in [0.25, 0.3) is 0 Å². The summed E-state index contributed by atoms with van der Waals surface area (Å²) < 4.78 is 4.99. The first-order chi connectivity index (χ1) is 12.8. The lowest BCUT2D eigenvalue weighted by Gasteiger charge is -2.35. The van der Waals surface area contributed by atoms with Gasteiger partial charge in [0, 0.05) is 43.9 Å². The average molecular weight is 395 g/mol. The van der Waals surface area contributed by atoms with E-state index in [1.165, 1.54) is 24.9 Å². The summed E-state index contributed by atoms with van der Waals surface area (Å²) in [6, 6.07) is 4.81. The average Bonchev–Trinajstić information content (AvgIpc) is 2.67. The van der Waals surface area contributed by atoms with Gasteiger partial charge in [0.15, 0.2) is 5.75 Å². The first-order valence-corrected chi connectivity index (χ1v) is 9.94. The Labute approximate surface area is 163 Å². The van der Waals surface area contributed by atoms with Crippen LogP contribution in [0.25, 0.3) is 0 Å². The molecule has 1 aliphatic rings. The van der Waals surface area contributed by atoms with Crippen molar-refractivity contribution in [1.29, 1.82) is 0 Å². The molecule has 1 aromatic rings. The number of carbonyl (C=O) groups is 2. The van der Waals surface area contributed by atoms with Crippen molar-refractivity contribution >= 4 is 29.3 Å². The highest BCUT2D eigenvalue weighted by Gasteiger charge is 2.25. The number of nitrogens with zero attached hydrogens (tertiary/aromatic N) is 3. The van der Waals surface area contributed by atoms with Crippen LogP contribution in [0.2, 0.25) is 0 Å². The lowest BCUT2D eigenvalue weighted by atomic mass is 10.1. The van der Waals surface area contributed by atoms with Crippen LogP contribution in [0.4, 0.5) is 5.69 Å². The van der Waals surface area contributed by atoms with Gasteiger partial charge < -0.3 is 14.5 Å². The van der Waals surface area contributed by atoms with Crippen LogP contribution in [0.1, 0.15) is 19.4 Å². The van der Waals surface area contributed by atoms with Gasteiger partial charge in [-0.3, -0.25) is 19.7 Å². The topological polar surface area (TPSA) is 93.0 Å². The maximum absolute atomic E-state index is 12.3. The number of benzene rings is 1. The summed E-state index contributed by atoms with van der Waals surface area (Å²) in [7, 11) is 1.39. The third kappa shape index (κ3) is 5.59. The summed E-state index contributed by atoms with van der Waals surface area (Å²) >= 11 is 1.42. The van der Waals surface area contributed by atoms with E-state index in [1.807, 2.05) is 13.8 Å². The largest absolute Gasteiger partial charge is 0.490 e. The van der Waals surface area contributed by atoms with Crippen molar-refractivity contribution in [2.75, 3.05) is 39.0 Å². The molecular weight excluding hydrogens is 370 g/mol. The van der Waals surface area contributed by atoms with Crippen LogP contribution in [0.15, 0.2) is 18.2 Å². The highest BCUT2D eigenvalue weighted by Crippen LogP contribution is 2.29. The third-order valence-corrected chi connectivity index (χ3v) is 5.36. The lowest BCUT2D eigenvalue weighted by Crippen LogP contribution is -2.51. The zero-order chi connectivity index (χ0) is 20.0. The number of hydrogen-bond donors (Lipinski definition) is 0. The molecule has 0 saturated carbocycles. The van der Waals surface area contributed by atoms with Crippen LogP contribution >= 0.6 is 11.8 Å². The second-order valence-electron chi connectivity index (χ2n) is 6.62. The normalized spacial score (nSPS) is 14.4. The van der Waals surface area contributed by atoms with Gasteiger partial charge in [0.05, 0.1) is 17.8 Å². The van der Waals surface area contributed by atoms with Crippen LogP contribution in [0, 0.1) is 16.0 Å². The first-order valence-electron chi connectivity index (χ1n) is 8.79. The summed E-state index contributed by atoms with van der Waals surface area (Å²) in [6.45, 7) is 5.98. The summed E-state index contributed by atoms with van der Waals surface area (Å²) in [5, 5.41) is 11.1. The van der Waals surface area contributed by atoms with E-state index in [9.17, 15) is 19.7 Å². The second-order valence-corrected chi connectivity index (χ2v) is 7.60. The van der Waals surface area contributed by atoms with Crippen molar-refractivity contribution in [2.24, 2.45) is 5.92 Å². The van der Waals surface area contributed by atoms with Crippen molar-refractivity contribution < 1.29 is 19.2 Å². The number of methoxy groups -OCH3 is 1. The Kier molecular flexibility index (Phi) is 7.46. The number of nitro groups is 1. The highest BCUT2D eigenvalue weighted by molar-refractivity contribution is 7.99. The van der Waals surface area contributed by atoms with E-state index in [1.54, 1.807) is 21.9 Å². The molecule has 1 fully saturated rings. The minimum Gasteiger partial charge on any atom is -0.490 e. The van der Waals surface area contributed by atoms with Crippen molar-refractivity contribution in [3.63, 3.8) is 0 Å². The number of thioether (sulfide) groups is 1. The van der Waals surface area contributed by atoms with Crippen LogP contribution in [0.5, 0.6) is 5.75 Å². The Morgan fingerprint density at radius 2 is 1.85 bits per heavy atom. The summed E-state index contributed by atoms with van der Waals surface area (Å²) in [5.41, 5.74) is 0.695. The molecule has 1 aromatic carbocycles. The second kappa shape index (κ2) is 9.59. The Hall–Kier alpha value is -2.29. The number of rotatable bonds is 7. The number of amides is 2. The number of hydrogen-bond acceptors (Lipinski definition) is 6. The number of ether oxygens (including phenoxy) is 1. The van der Waals surface area contributed by atoms with E-state index in [0.29, 0.717) is 37.7 Å². The zero-order valence-corrected chi connectivity index (χ0v) is 16.7. The molecular formula is C18H25N3O5S. The molecule has 0 N–H and O–H groups in total. The summed E-state index contributed by atoms with van der Waals surface area (Å²) in [6.07, 6.45) is 0. The molecule has 0 radical (unpaired) electrons. The van der Waals surface area contributed by atoms with Crippen LogP contribution in [-0.4, -0.2) is 65.6 Å². The predicted molar refractivity (Wildman–Crippen MR) is 104 cm³/mol. The highest BCUT2D eigenvalue weighted by atomic mass is 32.2. The van der Waals surface area contributed by atoms with Gasteiger partial charge in [-0.2, -0.15) is 0 Å². The molecule has 1 saturated heterocycles. The van der Waals surface area contributed by atoms with Gasteiger partial charge in [-0.1, -0.05) is 19.9 Å². The SMILES string of the molecule is COc1ccc(CSCC(=O)N2CCN(C(=O)C(C)C)CC2)cc1[N+](=O)[O-]. The molecule has 8 nitrogen and oxygen atoms in total. The Morgan fingerprint density at radius 1 is 1.22 bits per heavy atom. The molecule has 0 atom stereocenters. The molecule has 2 amide bonds. The molecule has 27 heavy (non-hydrogen) atoms. The number of piperazine rings is 1. The molecule has 2 rings (SSSR count). The predicted octanol–water partition coefficient (Wildman–Crippen LogP) is 2.16. The van der Waals surface area contributed by atoms with E-state index >= 15 is 0 Å². The van der Waals surface area contributed by atoms with Gasteiger partial charge in [-0.15, -0.1) is 11.8 Å². The van der Waals surface area contributed by atoms with E-state index in [0.717, 1.165) is 5.56 Å². The fraction of sp³-hybridized carbons (Fsp3) is 0.556. The van der Waals surface area contributed by atoms with E-state index in [4.69, 9.17) is 4.74 Å². The smallest absolute Gasteiger partial charge is 0.311 e. The van der Waals surface area contributed by atoms with Gasteiger partial charge in [0.1, 0.15) is 0 Å². The van der Waals surface area contributed by atoms with Gasteiger partial charge in [-0.05, 0) is 11.6 Å². The maximum atomic E-state index is 12.3. The van der Waals surface area contributed by atoms with Gasteiger partial charge in [0.2, 0.25) is 11.8 Å². The molecule has 0 unspecified atom stereocenters. The lowest BCUT2D eigenvalue weighted by molar-refractivity contribution is -0.385. The molecule has 9 heteroatoms. The zero-order valence-electron chi connectivity index (χ0n) is 15.8. The molecule has 148 valence electrons. The molecule has 0 aliphatic carbocycles. The van der Waals surface area contributed by atoms with Gasteiger partial charge >= 0.3 is 5.69 Å². The van der Waals surface area contributed by atoms with E-state index in [2.05, 4.69) is 0 Å². The van der Waals surface area contributed by atoms with Crippen molar-refractivity contribution in [3.8, 4) is 5.75 Å². The Bertz CT molecular complexity index is 702. The Balaban J connectivity index is 1.81. The molecule has 1 aliphatic heterocycles. The molecule has 0 spiro atoms. The minimum atomic E-state index is -0.476. The quantitative estimate of drug-likeness (QED) is 0.519. The van der Waals surface area contributed by atoms with Crippen LogP contribution in [0.3, 0.4) is 0 Å². The fourth-order valence-corrected chi connectivity index (χ4v) is 3.73. The molecule has 0 aromatic heterocycles. The Morgan fingerprint density at radius 3 is 2.41 bits per heavy atom. The van der Waals surface area contributed by atoms with Crippen LogP contribution < -0.4 is 4.74 Å². The fourth-order valence-electron chi connectivity index (χ4n) is 2.86. The van der Waals surface area contributed by atoms with Crippen LogP contribution in [-0.2, 0) is 15.3 Å².